The Kier molecular flexibility index (Phi) is 4.43. The molecule has 3 rings (SSSR count). The van der Waals surface area contributed by atoms with Crippen molar-refractivity contribution in [2.75, 3.05) is 0 Å². The number of aromatic nitrogens is 1. The van der Waals surface area contributed by atoms with Gasteiger partial charge in [0.15, 0.2) is 0 Å². The second kappa shape index (κ2) is 6.52. The summed E-state index contributed by atoms with van der Waals surface area (Å²) in [5.74, 6) is -1.24. The number of H-pyrrole nitrogens is 1. The minimum atomic E-state index is -1.03. The van der Waals surface area contributed by atoms with Crippen molar-refractivity contribution in [3.63, 3.8) is 0 Å². The van der Waals surface area contributed by atoms with E-state index in [4.69, 9.17) is 0 Å². The summed E-state index contributed by atoms with van der Waals surface area (Å²) in [6.07, 6.45) is 2.87. The molecule has 124 valence electrons. The highest BCUT2D eigenvalue weighted by atomic mass is 16.4. The van der Waals surface area contributed by atoms with Crippen LogP contribution in [0.3, 0.4) is 0 Å². The van der Waals surface area contributed by atoms with E-state index in [0.717, 1.165) is 34.0 Å². The van der Waals surface area contributed by atoms with Crippen molar-refractivity contribution >= 4 is 16.9 Å². The highest BCUT2D eigenvalue weighted by Gasteiger charge is 2.20. The summed E-state index contributed by atoms with van der Waals surface area (Å²) >= 11 is 0. The Morgan fingerprint density at radius 3 is 2.62 bits per heavy atom. The molecule has 0 spiro atoms. The lowest BCUT2D eigenvalue weighted by Gasteiger charge is -2.20. The van der Waals surface area contributed by atoms with Gasteiger partial charge in [-0.1, -0.05) is 48.9 Å². The van der Waals surface area contributed by atoms with Crippen molar-refractivity contribution in [3.8, 4) is 0 Å². The van der Waals surface area contributed by atoms with E-state index in [9.17, 15) is 9.90 Å². The number of aryl methyl sites for hydroxylation is 3. The predicted molar refractivity (Wildman–Crippen MR) is 95.1 cm³/mol. The Hall–Kier alpha value is -2.55. The van der Waals surface area contributed by atoms with Crippen LogP contribution in [0.4, 0.5) is 0 Å². The predicted octanol–water partition coefficient (Wildman–Crippen LogP) is 3.62. The van der Waals surface area contributed by atoms with Gasteiger partial charge in [0.05, 0.1) is 0 Å². The van der Waals surface area contributed by atoms with E-state index in [0.29, 0.717) is 0 Å². The van der Waals surface area contributed by atoms with Crippen LogP contribution in [-0.4, -0.2) is 11.0 Å². The number of aliphatic carboxylic acids is 1. The van der Waals surface area contributed by atoms with Crippen LogP contribution >= 0.6 is 0 Å². The monoisotopic (exact) mass is 320 g/mol. The van der Waals surface area contributed by atoms with Crippen LogP contribution in [0.5, 0.6) is 0 Å². The van der Waals surface area contributed by atoms with Crippen LogP contribution in [0.1, 0.15) is 47.1 Å². The van der Waals surface area contributed by atoms with Gasteiger partial charge in [-0.3, -0.25) is 0 Å². The molecule has 0 fully saturated rings. The van der Waals surface area contributed by atoms with Crippen LogP contribution in [-0.2, 0) is 11.2 Å². The number of carboxylic acids is 1. The summed E-state index contributed by atoms with van der Waals surface area (Å²) in [6, 6.07) is 12.4. The maximum Gasteiger partial charge on any atom is 0.0489 e. The van der Waals surface area contributed by atoms with Crippen molar-refractivity contribution in [1.82, 2.24) is 4.98 Å². The number of carbonyl (C=O) groups is 1. The number of aromatic amines is 1. The van der Waals surface area contributed by atoms with Gasteiger partial charge in [0.2, 0.25) is 0 Å². The second-order valence-corrected chi connectivity index (χ2v) is 6.43. The van der Waals surface area contributed by atoms with E-state index < -0.39 is 5.97 Å². The molecule has 1 aromatic heterocycles. The number of carbonyl (C=O) groups excluding carboxylic acids is 1. The number of rotatable bonds is 5. The van der Waals surface area contributed by atoms with E-state index in [1.54, 1.807) is 0 Å². The van der Waals surface area contributed by atoms with Gasteiger partial charge in [-0.25, -0.2) is 0 Å². The SMILES string of the molecule is CCc1cccc2c([C@@H](CC(=O)[O-])c3ccc(C)cc3C)c[nH]c12. The molecule has 0 aliphatic rings. The first-order chi connectivity index (χ1) is 11.5. The standard InChI is InChI=1S/C21H23NO2/c1-4-15-6-5-7-17-19(12-22-21(15)17)18(11-20(23)24)16-9-8-13(2)10-14(16)3/h5-10,12,18,22H,4,11H2,1-3H3,(H,23,24)/p-1/t18-/m0/s1. The van der Waals surface area contributed by atoms with Gasteiger partial charge in [-0.05, 0) is 48.9 Å². The average molecular weight is 320 g/mol. The van der Waals surface area contributed by atoms with Crippen LogP contribution in [0.25, 0.3) is 10.9 Å². The molecule has 1 N–H and O–H groups in total. The fraction of sp³-hybridized carbons (Fsp3) is 0.286. The lowest BCUT2D eigenvalue weighted by atomic mass is 9.85. The largest absolute Gasteiger partial charge is 0.550 e. The Morgan fingerprint density at radius 1 is 1.17 bits per heavy atom. The van der Waals surface area contributed by atoms with Crippen molar-refractivity contribution in [2.24, 2.45) is 0 Å². The van der Waals surface area contributed by atoms with E-state index in [1.165, 1.54) is 11.1 Å². The van der Waals surface area contributed by atoms with Crippen molar-refractivity contribution in [2.45, 2.75) is 39.5 Å². The first-order valence-electron chi connectivity index (χ1n) is 8.37. The molecule has 0 bridgehead atoms. The lowest BCUT2D eigenvalue weighted by molar-refractivity contribution is -0.305. The molecule has 0 saturated carbocycles. The highest BCUT2D eigenvalue weighted by Crippen LogP contribution is 2.36. The zero-order valence-electron chi connectivity index (χ0n) is 14.3. The molecule has 0 saturated heterocycles. The van der Waals surface area contributed by atoms with Crippen LogP contribution < -0.4 is 5.11 Å². The second-order valence-electron chi connectivity index (χ2n) is 6.43. The molecule has 0 aliphatic heterocycles. The summed E-state index contributed by atoms with van der Waals surface area (Å²) in [5.41, 5.74) is 6.71. The van der Waals surface area contributed by atoms with E-state index >= 15 is 0 Å². The molecule has 1 heterocycles. The third-order valence-electron chi connectivity index (χ3n) is 4.76. The quantitative estimate of drug-likeness (QED) is 0.780. The van der Waals surface area contributed by atoms with Gasteiger partial charge < -0.3 is 14.9 Å². The Bertz CT molecular complexity index is 892. The first-order valence-corrected chi connectivity index (χ1v) is 8.37. The summed E-state index contributed by atoms with van der Waals surface area (Å²) in [7, 11) is 0. The molecule has 0 amide bonds. The molecular formula is C21H22NO2-. The smallest absolute Gasteiger partial charge is 0.0489 e. The Labute approximate surface area is 142 Å². The molecule has 3 nitrogen and oxygen atoms in total. The summed E-state index contributed by atoms with van der Waals surface area (Å²) in [4.78, 5) is 14.7. The number of para-hydroxylation sites is 1. The zero-order valence-corrected chi connectivity index (χ0v) is 14.3. The fourth-order valence-electron chi connectivity index (χ4n) is 3.59. The number of hydrogen-bond donors (Lipinski definition) is 1. The third-order valence-corrected chi connectivity index (χ3v) is 4.76. The van der Waals surface area contributed by atoms with Crippen molar-refractivity contribution in [1.29, 1.82) is 0 Å². The minimum Gasteiger partial charge on any atom is -0.550 e. The fourth-order valence-corrected chi connectivity index (χ4v) is 3.59. The lowest BCUT2D eigenvalue weighted by Crippen LogP contribution is -2.25. The van der Waals surface area contributed by atoms with E-state index in [2.05, 4.69) is 30.1 Å². The van der Waals surface area contributed by atoms with Crippen LogP contribution in [0, 0.1) is 13.8 Å². The number of nitrogens with one attached hydrogen (secondary N) is 1. The molecular weight excluding hydrogens is 298 g/mol. The molecule has 2 aromatic carbocycles. The van der Waals surface area contributed by atoms with Gasteiger partial charge in [-0.15, -0.1) is 0 Å². The van der Waals surface area contributed by atoms with Crippen molar-refractivity contribution < 1.29 is 9.90 Å². The molecule has 24 heavy (non-hydrogen) atoms. The summed E-state index contributed by atoms with van der Waals surface area (Å²) in [5, 5.41) is 12.5. The topological polar surface area (TPSA) is 55.9 Å². The molecule has 0 radical (unpaired) electrons. The van der Waals surface area contributed by atoms with Gasteiger partial charge in [0, 0.05) is 29.0 Å². The molecule has 0 unspecified atom stereocenters. The Morgan fingerprint density at radius 2 is 1.96 bits per heavy atom. The van der Waals surface area contributed by atoms with Gasteiger partial charge >= 0.3 is 0 Å². The van der Waals surface area contributed by atoms with Crippen LogP contribution in [0.2, 0.25) is 0 Å². The Balaban J connectivity index is 2.18. The molecule has 3 aromatic rings. The van der Waals surface area contributed by atoms with E-state index in [1.807, 2.05) is 38.2 Å². The van der Waals surface area contributed by atoms with E-state index in [-0.39, 0.29) is 12.3 Å². The normalized spacial score (nSPS) is 12.5. The molecule has 3 heteroatoms. The van der Waals surface area contributed by atoms with Gasteiger partial charge in [0.1, 0.15) is 0 Å². The van der Waals surface area contributed by atoms with Gasteiger partial charge in [0.25, 0.3) is 0 Å². The first kappa shape index (κ1) is 16.3. The summed E-state index contributed by atoms with van der Waals surface area (Å²) < 4.78 is 0. The third kappa shape index (κ3) is 2.94. The number of fused-ring (bicyclic) bond motifs is 1. The number of benzene rings is 2. The maximum absolute atomic E-state index is 11.4. The average Bonchev–Trinajstić information content (AvgIpc) is 2.96. The highest BCUT2D eigenvalue weighted by molar-refractivity contribution is 5.87. The number of hydrogen-bond acceptors (Lipinski definition) is 2. The minimum absolute atomic E-state index is 0.0206. The zero-order chi connectivity index (χ0) is 17.3. The summed E-state index contributed by atoms with van der Waals surface area (Å²) in [6.45, 7) is 6.21. The molecule has 1 atom stereocenters. The van der Waals surface area contributed by atoms with Crippen molar-refractivity contribution in [3.05, 3.63) is 70.4 Å². The number of carboxylic acid groups (broad SMARTS) is 1. The van der Waals surface area contributed by atoms with Crippen LogP contribution in [0.15, 0.2) is 42.6 Å². The molecule has 0 aliphatic carbocycles. The van der Waals surface area contributed by atoms with Gasteiger partial charge in [-0.2, -0.15) is 0 Å². The maximum atomic E-state index is 11.4.